The van der Waals surface area contributed by atoms with Gasteiger partial charge < -0.3 is 14.7 Å². The Labute approximate surface area is 176 Å². The van der Waals surface area contributed by atoms with Gasteiger partial charge in [-0.1, -0.05) is 16.8 Å². The van der Waals surface area contributed by atoms with Crippen molar-refractivity contribution in [3.05, 3.63) is 59.4 Å². The van der Waals surface area contributed by atoms with Gasteiger partial charge in [0.15, 0.2) is 5.82 Å². The third kappa shape index (κ3) is 4.30. The van der Waals surface area contributed by atoms with Gasteiger partial charge in [0.05, 0.1) is 10.9 Å². The fraction of sp³-hybridized carbons (Fsp3) is 0.250. The molecule has 4 rings (SSSR count). The van der Waals surface area contributed by atoms with Gasteiger partial charge in [-0.05, 0) is 30.3 Å². The van der Waals surface area contributed by atoms with E-state index in [-0.39, 0.29) is 29.8 Å². The third-order valence-electron chi connectivity index (χ3n) is 4.75. The number of carbonyl (C=O) groups excluding carboxylic acids is 2. The van der Waals surface area contributed by atoms with Gasteiger partial charge >= 0.3 is 0 Å². The molecule has 1 aliphatic heterocycles. The van der Waals surface area contributed by atoms with E-state index in [1.165, 1.54) is 23.1 Å². The van der Waals surface area contributed by atoms with Gasteiger partial charge in [0.25, 0.3) is 5.89 Å². The van der Waals surface area contributed by atoms with Crippen molar-refractivity contribution in [2.45, 2.75) is 12.8 Å². The maximum atomic E-state index is 13.3. The van der Waals surface area contributed by atoms with Crippen molar-refractivity contribution in [3.63, 3.8) is 0 Å². The maximum absolute atomic E-state index is 13.3. The molecule has 3 heterocycles. The minimum absolute atomic E-state index is 0.0700. The summed E-state index contributed by atoms with van der Waals surface area (Å²) in [7, 11) is 0. The summed E-state index contributed by atoms with van der Waals surface area (Å²) in [4.78, 5) is 34.4. The first-order valence-electron chi connectivity index (χ1n) is 9.27. The predicted molar refractivity (Wildman–Crippen MR) is 106 cm³/mol. The molecule has 1 fully saturated rings. The van der Waals surface area contributed by atoms with E-state index in [9.17, 15) is 14.0 Å². The number of benzene rings is 1. The lowest BCUT2D eigenvalue weighted by atomic mass is 10.1. The van der Waals surface area contributed by atoms with E-state index in [1.807, 2.05) is 0 Å². The molecule has 0 spiro atoms. The van der Waals surface area contributed by atoms with Crippen molar-refractivity contribution < 1.29 is 18.5 Å². The highest BCUT2D eigenvalue weighted by molar-refractivity contribution is 6.31. The molecular formula is C20H17ClFN5O3. The average Bonchev–Trinajstić information content (AvgIpc) is 3.38. The van der Waals surface area contributed by atoms with Crippen LogP contribution in [-0.4, -0.2) is 40.0 Å². The summed E-state index contributed by atoms with van der Waals surface area (Å²) < 4.78 is 18.6. The average molecular weight is 430 g/mol. The van der Waals surface area contributed by atoms with E-state index in [2.05, 4.69) is 20.4 Å². The van der Waals surface area contributed by atoms with E-state index in [4.69, 9.17) is 16.1 Å². The number of aromatic nitrogens is 3. The van der Waals surface area contributed by atoms with Crippen LogP contribution in [0.15, 0.2) is 47.2 Å². The lowest BCUT2D eigenvalue weighted by molar-refractivity contribution is -0.126. The highest BCUT2D eigenvalue weighted by atomic mass is 35.5. The van der Waals surface area contributed by atoms with Crippen molar-refractivity contribution in [1.29, 1.82) is 0 Å². The number of hydrogen-bond acceptors (Lipinski definition) is 6. The molecule has 1 N–H and O–H groups in total. The molecule has 154 valence electrons. The minimum Gasteiger partial charge on any atom is -0.355 e. The molecule has 1 atom stereocenters. The number of nitrogens with one attached hydrogen (secondary N) is 1. The van der Waals surface area contributed by atoms with Crippen molar-refractivity contribution >= 4 is 29.1 Å². The van der Waals surface area contributed by atoms with E-state index >= 15 is 0 Å². The molecule has 1 saturated heterocycles. The molecular weight excluding hydrogens is 413 g/mol. The van der Waals surface area contributed by atoms with Crippen LogP contribution >= 0.6 is 11.6 Å². The second-order valence-corrected chi connectivity index (χ2v) is 7.20. The first-order chi connectivity index (χ1) is 14.5. The highest BCUT2D eigenvalue weighted by Gasteiger charge is 2.35. The van der Waals surface area contributed by atoms with Gasteiger partial charge in [0, 0.05) is 49.6 Å². The van der Waals surface area contributed by atoms with E-state index in [0.717, 1.165) is 5.56 Å². The zero-order valence-electron chi connectivity index (χ0n) is 15.7. The Morgan fingerprint density at radius 1 is 1.30 bits per heavy atom. The number of carbonyl (C=O) groups is 2. The fourth-order valence-corrected chi connectivity index (χ4v) is 3.37. The van der Waals surface area contributed by atoms with E-state index in [0.29, 0.717) is 30.4 Å². The molecule has 30 heavy (non-hydrogen) atoms. The number of pyridine rings is 1. The molecule has 0 radical (unpaired) electrons. The number of hydrogen-bond donors (Lipinski definition) is 1. The summed E-state index contributed by atoms with van der Waals surface area (Å²) in [6.07, 6.45) is 3.73. The molecule has 0 aliphatic carbocycles. The highest BCUT2D eigenvalue weighted by Crippen LogP contribution is 2.28. The monoisotopic (exact) mass is 429 g/mol. The Morgan fingerprint density at radius 3 is 2.87 bits per heavy atom. The first-order valence-corrected chi connectivity index (χ1v) is 9.65. The molecule has 1 unspecified atom stereocenters. The Bertz CT molecular complexity index is 1080. The molecule has 1 aromatic carbocycles. The number of anilines is 1. The summed E-state index contributed by atoms with van der Waals surface area (Å²) in [5, 5.41) is 6.63. The van der Waals surface area contributed by atoms with Gasteiger partial charge in [-0.3, -0.25) is 14.6 Å². The van der Waals surface area contributed by atoms with Crippen molar-refractivity contribution in [2.75, 3.05) is 18.0 Å². The van der Waals surface area contributed by atoms with Crippen molar-refractivity contribution in [3.8, 4) is 11.5 Å². The number of halogens is 2. The number of amides is 2. The van der Waals surface area contributed by atoms with Crippen molar-refractivity contribution in [1.82, 2.24) is 20.4 Å². The van der Waals surface area contributed by atoms with Crippen LogP contribution in [-0.2, 0) is 16.0 Å². The van der Waals surface area contributed by atoms with Crippen LogP contribution in [0, 0.1) is 11.7 Å². The van der Waals surface area contributed by atoms with Crippen LogP contribution in [0.4, 0.5) is 10.1 Å². The largest absolute Gasteiger partial charge is 0.355 e. The van der Waals surface area contributed by atoms with Crippen LogP contribution in [0.25, 0.3) is 11.5 Å². The van der Waals surface area contributed by atoms with Gasteiger partial charge in [0.2, 0.25) is 11.8 Å². The SMILES string of the molecule is O=C(NCCc1noc(-c2ccncc2)n1)C1CC(=O)N(c2ccc(F)c(Cl)c2)C1. The molecule has 10 heteroatoms. The van der Waals surface area contributed by atoms with Crippen LogP contribution in [0.3, 0.4) is 0 Å². The minimum atomic E-state index is -0.560. The number of rotatable bonds is 6. The molecule has 2 aromatic heterocycles. The van der Waals surface area contributed by atoms with Crippen LogP contribution in [0.2, 0.25) is 5.02 Å². The summed E-state index contributed by atoms with van der Waals surface area (Å²) in [6, 6.07) is 7.57. The summed E-state index contributed by atoms with van der Waals surface area (Å²) in [5.74, 6) is -0.662. The fourth-order valence-electron chi connectivity index (χ4n) is 3.19. The standard InChI is InChI=1S/C20H17ClFN5O3/c21-15-10-14(1-2-16(15)22)27-11-13(9-18(27)28)19(29)24-8-5-17-25-20(30-26-17)12-3-6-23-7-4-12/h1-4,6-7,10,13H,5,8-9,11H2,(H,24,29). The smallest absolute Gasteiger partial charge is 0.258 e. The molecule has 3 aromatic rings. The van der Waals surface area contributed by atoms with E-state index in [1.54, 1.807) is 24.5 Å². The Balaban J connectivity index is 1.30. The second kappa shape index (κ2) is 8.58. The summed E-state index contributed by atoms with van der Waals surface area (Å²) in [6.45, 7) is 0.516. The van der Waals surface area contributed by atoms with Crippen LogP contribution in [0.5, 0.6) is 0 Å². The maximum Gasteiger partial charge on any atom is 0.258 e. The van der Waals surface area contributed by atoms with Gasteiger partial charge in [-0.25, -0.2) is 4.39 Å². The molecule has 0 bridgehead atoms. The Morgan fingerprint density at radius 2 is 2.10 bits per heavy atom. The number of nitrogens with zero attached hydrogens (tertiary/aromatic N) is 4. The van der Waals surface area contributed by atoms with Crippen molar-refractivity contribution in [2.24, 2.45) is 5.92 Å². The molecule has 0 saturated carbocycles. The normalized spacial score (nSPS) is 16.1. The quantitative estimate of drug-likeness (QED) is 0.646. The lowest BCUT2D eigenvalue weighted by Crippen LogP contribution is -2.34. The first kappa shape index (κ1) is 20.0. The molecule has 2 amide bonds. The van der Waals surface area contributed by atoms with Crippen LogP contribution in [0.1, 0.15) is 12.2 Å². The zero-order chi connectivity index (χ0) is 21.1. The van der Waals surface area contributed by atoms with Gasteiger partial charge in [-0.15, -0.1) is 0 Å². The Kier molecular flexibility index (Phi) is 5.71. The summed E-state index contributed by atoms with van der Waals surface area (Å²) >= 11 is 5.79. The van der Waals surface area contributed by atoms with Gasteiger partial charge in [-0.2, -0.15) is 4.98 Å². The Hall–Kier alpha value is -3.33. The third-order valence-corrected chi connectivity index (χ3v) is 5.04. The second-order valence-electron chi connectivity index (χ2n) is 6.80. The summed E-state index contributed by atoms with van der Waals surface area (Å²) in [5.41, 5.74) is 1.23. The zero-order valence-corrected chi connectivity index (χ0v) is 16.5. The topological polar surface area (TPSA) is 101 Å². The molecule has 8 nitrogen and oxygen atoms in total. The van der Waals surface area contributed by atoms with E-state index < -0.39 is 11.7 Å². The molecule has 1 aliphatic rings. The van der Waals surface area contributed by atoms with Crippen LogP contribution < -0.4 is 10.2 Å². The van der Waals surface area contributed by atoms with Gasteiger partial charge in [0.1, 0.15) is 5.82 Å². The lowest BCUT2D eigenvalue weighted by Gasteiger charge is -2.17. The predicted octanol–water partition coefficient (Wildman–Crippen LogP) is 2.64.